The second kappa shape index (κ2) is 9.92. The maximum absolute atomic E-state index is 12.6. The number of hydrogen-bond acceptors (Lipinski definition) is 4. The van der Waals surface area contributed by atoms with Gasteiger partial charge in [-0.2, -0.15) is 0 Å². The number of likely N-dealkylation sites (N-methyl/N-ethyl adjacent to an activating group) is 1. The Balaban J connectivity index is 1.44. The molecule has 0 spiro atoms. The van der Waals surface area contributed by atoms with Gasteiger partial charge in [-0.3, -0.25) is 14.6 Å². The molecule has 2 aromatic rings. The van der Waals surface area contributed by atoms with E-state index >= 15 is 0 Å². The van der Waals surface area contributed by atoms with Crippen molar-refractivity contribution in [1.29, 1.82) is 0 Å². The normalized spacial score (nSPS) is 15.4. The fourth-order valence-electron chi connectivity index (χ4n) is 3.44. The third-order valence-corrected chi connectivity index (χ3v) is 5.33. The van der Waals surface area contributed by atoms with Crippen molar-refractivity contribution in [2.75, 3.05) is 46.9 Å². The highest BCUT2D eigenvalue weighted by Gasteiger charge is 2.20. The van der Waals surface area contributed by atoms with E-state index in [2.05, 4.69) is 15.9 Å². The molecule has 1 heterocycles. The number of hydrogen-bond donors (Lipinski definition) is 0. The summed E-state index contributed by atoms with van der Waals surface area (Å²) < 4.78 is 5.25. The number of benzene rings is 2. The van der Waals surface area contributed by atoms with Crippen LogP contribution in [0, 0.1) is 0 Å². The molecule has 0 atom stereocenters. The van der Waals surface area contributed by atoms with Gasteiger partial charge in [0.15, 0.2) is 0 Å². The smallest absolute Gasteiger partial charge is 0.236 e. The molecule has 0 saturated carbocycles. The van der Waals surface area contributed by atoms with Crippen LogP contribution in [0.2, 0.25) is 5.02 Å². The number of rotatable bonds is 7. The molecule has 0 radical (unpaired) electrons. The van der Waals surface area contributed by atoms with Crippen LogP contribution in [-0.4, -0.2) is 67.5 Å². The third-order valence-electron chi connectivity index (χ3n) is 5.10. The Morgan fingerprint density at radius 1 is 1.04 bits per heavy atom. The summed E-state index contributed by atoms with van der Waals surface area (Å²) in [4.78, 5) is 19.0. The summed E-state index contributed by atoms with van der Waals surface area (Å²) >= 11 is 6.07. The average molecular weight is 402 g/mol. The summed E-state index contributed by atoms with van der Waals surface area (Å²) in [6.07, 6.45) is 0. The lowest BCUT2D eigenvalue weighted by Crippen LogP contribution is -2.49. The molecule has 0 unspecified atom stereocenters. The summed E-state index contributed by atoms with van der Waals surface area (Å²) in [5.74, 6) is 0.959. The van der Waals surface area contributed by atoms with Crippen molar-refractivity contribution in [2.24, 2.45) is 0 Å². The molecule has 1 saturated heterocycles. The van der Waals surface area contributed by atoms with E-state index in [1.54, 1.807) is 12.0 Å². The summed E-state index contributed by atoms with van der Waals surface area (Å²) in [6.45, 7) is 5.67. The predicted octanol–water partition coefficient (Wildman–Crippen LogP) is 3.12. The summed E-state index contributed by atoms with van der Waals surface area (Å²) in [7, 11) is 3.51. The van der Waals surface area contributed by atoms with E-state index in [-0.39, 0.29) is 5.91 Å². The van der Waals surface area contributed by atoms with E-state index in [4.69, 9.17) is 16.3 Å². The second-order valence-corrected chi connectivity index (χ2v) is 7.72. The van der Waals surface area contributed by atoms with E-state index in [1.165, 1.54) is 5.56 Å². The zero-order valence-electron chi connectivity index (χ0n) is 16.6. The summed E-state index contributed by atoms with van der Waals surface area (Å²) in [5.41, 5.74) is 2.30. The molecule has 0 N–H and O–H groups in total. The second-order valence-electron chi connectivity index (χ2n) is 7.28. The minimum atomic E-state index is 0.145. The van der Waals surface area contributed by atoms with Crippen molar-refractivity contribution in [3.8, 4) is 5.75 Å². The standard InChI is InChI=1S/C22H28ClN3O2/c1-24(15-19-6-4-8-21(14-19)28-2)22(27)17-26-11-9-25(10-12-26)16-18-5-3-7-20(23)13-18/h3-8,13-14H,9-12,15-17H2,1-2H3. The van der Waals surface area contributed by atoms with Crippen molar-refractivity contribution in [1.82, 2.24) is 14.7 Å². The van der Waals surface area contributed by atoms with Gasteiger partial charge in [-0.15, -0.1) is 0 Å². The highest BCUT2D eigenvalue weighted by molar-refractivity contribution is 6.30. The molecule has 28 heavy (non-hydrogen) atoms. The van der Waals surface area contributed by atoms with Crippen molar-refractivity contribution in [2.45, 2.75) is 13.1 Å². The lowest BCUT2D eigenvalue weighted by Gasteiger charge is -2.35. The van der Waals surface area contributed by atoms with Crippen LogP contribution < -0.4 is 4.74 Å². The van der Waals surface area contributed by atoms with Crippen LogP contribution in [0.1, 0.15) is 11.1 Å². The number of piperazine rings is 1. The number of nitrogens with zero attached hydrogens (tertiary/aromatic N) is 3. The number of carbonyl (C=O) groups excluding carboxylic acids is 1. The van der Waals surface area contributed by atoms with E-state index in [0.29, 0.717) is 13.1 Å². The lowest BCUT2D eigenvalue weighted by molar-refractivity contribution is -0.132. The number of methoxy groups -OCH3 is 1. The van der Waals surface area contributed by atoms with Gasteiger partial charge in [0.25, 0.3) is 0 Å². The topological polar surface area (TPSA) is 36.0 Å². The monoisotopic (exact) mass is 401 g/mol. The van der Waals surface area contributed by atoms with Gasteiger partial charge in [0.2, 0.25) is 5.91 Å². The highest BCUT2D eigenvalue weighted by Crippen LogP contribution is 2.15. The molecular weight excluding hydrogens is 374 g/mol. The number of carbonyl (C=O) groups is 1. The van der Waals surface area contributed by atoms with Crippen molar-refractivity contribution in [3.63, 3.8) is 0 Å². The van der Waals surface area contributed by atoms with Crippen molar-refractivity contribution >= 4 is 17.5 Å². The zero-order chi connectivity index (χ0) is 19.9. The molecule has 1 aliphatic heterocycles. The Bertz CT molecular complexity index is 791. The van der Waals surface area contributed by atoms with E-state index in [0.717, 1.165) is 49.1 Å². The van der Waals surface area contributed by atoms with Gasteiger partial charge in [0.1, 0.15) is 5.75 Å². The van der Waals surface area contributed by atoms with Crippen LogP contribution >= 0.6 is 11.6 Å². The predicted molar refractivity (Wildman–Crippen MR) is 113 cm³/mol. The molecule has 0 bridgehead atoms. The first-order valence-electron chi connectivity index (χ1n) is 9.59. The van der Waals surface area contributed by atoms with Crippen LogP contribution in [0.25, 0.3) is 0 Å². The number of halogens is 1. The largest absolute Gasteiger partial charge is 0.497 e. The number of ether oxygens (including phenoxy) is 1. The van der Waals surface area contributed by atoms with Gasteiger partial charge in [-0.05, 0) is 35.4 Å². The minimum Gasteiger partial charge on any atom is -0.497 e. The molecule has 1 fully saturated rings. The van der Waals surface area contributed by atoms with Crippen molar-refractivity contribution in [3.05, 3.63) is 64.7 Å². The van der Waals surface area contributed by atoms with E-state index < -0.39 is 0 Å². The Hall–Kier alpha value is -2.08. The quantitative estimate of drug-likeness (QED) is 0.714. The van der Waals surface area contributed by atoms with Crippen LogP contribution in [0.4, 0.5) is 0 Å². The van der Waals surface area contributed by atoms with E-state index in [9.17, 15) is 4.79 Å². The van der Waals surface area contributed by atoms with Gasteiger partial charge < -0.3 is 9.64 Å². The highest BCUT2D eigenvalue weighted by atomic mass is 35.5. The summed E-state index contributed by atoms with van der Waals surface area (Å²) in [5, 5.41) is 0.779. The molecule has 1 aliphatic rings. The van der Waals surface area contributed by atoms with Crippen LogP contribution in [0.5, 0.6) is 5.75 Å². The Kier molecular flexibility index (Phi) is 7.31. The lowest BCUT2D eigenvalue weighted by atomic mass is 10.2. The van der Waals surface area contributed by atoms with Gasteiger partial charge in [-0.1, -0.05) is 35.9 Å². The number of amides is 1. The van der Waals surface area contributed by atoms with Gasteiger partial charge >= 0.3 is 0 Å². The molecule has 0 aromatic heterocycles. The SMILES string of the molecule is COc1cccc(CN(C)C(=O)CN2CCN(Cc3cccc(Cl)c3)CC2)c1. The Morgan fingerprint density at radius 2 is 1.71 bits per heavy atom. The third kappa shape index (κ3) is 5.96. The van der Waals surface area contributed by atoms with Crippen LogP contribution in [0.15, 0.2) is 48.5 Å². The van der Waals surface area contributed by atoms with Crippen LogP contribution in [0.3, 0.4) is 0 Å². The Labute approximate surface area is 172 Å². The average Bonchev–Trinajstić information content (AvgIpc) is 2.69. The molecule has 1 amide bonds. The minimum absolute atomic E-state index is 0.145. The maximum atomic E-state index is 12.6. The summed E-state index contributed by atoms with van der Waals surface area (Å²) in [6, 6.07) is 15.9. The Morgan fingerprint density at radius 3 is 2.43 bits per heavy atom. The first-order valence-corrected chi connectivity index (χ1v) is 9.97. The van der Waals surface area contributed by atoms with Crippen LogP contribution in [-0.2, 0) is 17.9 Å². The van der Waals surface area contributed by atoms with Gasteiger partial charge in [0.05, 0.1) is 13.7 Å². The fraction of sp³-hybridized carbons (Fsp3) is 0.409. The fourth-order valence-corrected chi connectivity index (χ4v) is 3.66. The van der Waals surface area contributed by atoms with Crippen molar-refractivity contribution < 1.29 is 9.53 Å². The molecular formula is C22H28ClN3O2. The molecule has 0 aliphatic carbocycles. The maximum Gasteiger partial charge on any atom is 0.236 e. The van der Waals surface area contributed by atoms with E-state index in [1.807, 2.05) is 49.5 Å². The first-order chi connectivity index (χ1) is 13.5. The molecule has 3 rings (SSSR count). The first kappa shape index (κ1) is 20.6. The zero-order valence-corrected chi connectivity index (χ0v) is 17.4. The molecule has 5 nitrogen and oxygen atoms in total. The van der Waals surface area contributed by atoms with Gasteiger partial charge in [-0.25, -0.2) is 0 Å². The molecule has 2 aromatic carbocycles. The van der Waals surface area contributed by atoms with Gasteiger partial charge in [0, 0.05) is 51.3 Å². The molecule has 150 valence electrons. The molecule has 6 heteroatoms.